The summed E-state index contributed by atoms with van der Waals surface area (Å²) in [7, 11) is 0. The predicted octanol–water partition coefficient (Wildman–Crippen LogP) is 2.43. The van der Waals surface area contributed by atoms with Crippen LogP contribution in [0.4, 0.5) is 5.69 Å². The van der Waals surface area contributed by atoms with Gasteiger partial charge in [-0.25, -0.2) is 0 Å². The summed E-state index contributed by atoms with van der Waals surface area (Å²) in [5, 5.41) is 13.7. The first kappa shape index (κ1) is 17.9. The molecule has 2 amide bonds. The maximum Gasteiger partial charge on any atom is 0.273 e. The molecule has 1 saturated heterocycles. The molecule has 7 nitrogen and oxygen atoms in total. The van der Waals surface area contributed by atoms with Crippen molar-refractivity contribution in [3.05, 3.63) is 39.4 Å². The highest BCUT2D eigenvalue weighted by Crippen LogP contribution is 2.19. The van der Waals surface area contributed by atoms with Crippen molar-refractivity contribution in [2.75, 3.05) is 19.6 Å². The van der Waals surface area contributed by atoms with Gasteiger partial charge in [0, 0.05) is 43.2 Å². The number of likely N-dealkylation sites (tertiary alicyclic amines) is 1. The second-order valence-electron chi connectivity index (χ2n) is 6.06. The average Bonchev–Trinajstić information content (AvgIpc) is 2.76. The lowest BCUT2D eigenvalue weighted by atomic mass is 10.1. The van der Waals surface area contributed by atoms with Gasteiger partial charge in [-0.15, -0.1) is 0 Å². The van der Waals surface area contributed by atoms with Crippen molar-refractivity contribution >= 4 is 17.5 Å². The minimum Gasteiger partial charge on any atom is -0.352 e. The molecule has 24 heavy (non-hydrogen) atoms. The summed E-state index contributed by atoms with van der Waals surface area (Å²) in [6.45, 7) is 3.49. The lowest BCUT2D eigenvalue weighted by Crippen LogP contribution is -2.34. The summed E-state index contributed by atoms with van der Waals surface area (Å²) in [5.74, 6) is -0.145. The molecule has 1 heterocycles. The second kappa shape index (κ2) is 8.42. The lowest BCUT2D eigenvalue weighted by Gasteiger charge is -2.20. The minimum atomic E-state index is -0.489. The molecule has 0 unspecified atom stereocenters. The molecule has 1 aromatic carbocycles. The maximum atomic E-state index is 12.1. The molecule has 0 atom stereocenters. The Hall–Kier alpha value is -2.44. The van der Waals surface area contributed by atoms with Crippen molar-refractivity contribution in [1.29, 1.82) is 0 Å². The summed E-state index contributed by atoms with van der Waals surface area (Å²) in [6, 6.07) is 4.45. The Morgan fingerprint density at radius 3 is 2.88 bits per heavy atom. The summed E-state index contributed by atoms with van der Waals surface area (Å²) >= 11 is 0. The van der Waals surface area contributed by atoms with Crippen LogP contribution in [-0.2, 0) is 4.79 Å². The topological polar surface area (TPSA) is 92.6 Å². The number of amides is 2. The fourth-order valence-electron chi connectivity index (χ4n) is 2.80. The highest BCUT2D eigenvalue weighted by atomic mass is 16.6. The van der Waals surface area contributed by atoms with E-state index in [0.29, 0.717) is 31.5 Å². The van der Waals surface area contributed by atoms with E-state index in [1.807, 2.05) is 4.90 Å². The third-order valence-electron chi connectivity index (χ3n) is 4.23. The van der Waals surface area contributed by atoms with Crippen LogP contribution in [-0.4, -0.2) is 41.3 Å². The Kier molecular flexibility index (Phi) is 6.28. The van der Waals surface area contributed by atoms with E-state index in [0.717, 1.165) is 25.8 Å². The molecule has 7 heteroatoms. The van der Waals surface area contributed by atoms with Crippen LogP contribution in [0, 0.1) is 17.0 Å². The van der Waals surface area contributed by atoms with Gasteiger partial charge >= 0.3 is 0 Å². The van der Waals surface area contributed by atoms with E-state index in [1.54, 1.807) is 19.1 Å². The zero-order valence-corrected chi connectivity index (χ0v) is 13.9. The van der Waals surface area contributed by atoms with Crippen LogP contribution < -0.4 is 5.32 Å². The molecule has 2 rings (SSSR count). The molecular formula is C17H23N3O4. The van der Waals surface area contributed by atoms with Crippen molar-refractivity contribution < 1.29 is 14.5 Å². The van der Waals surface area contributed by atoms with E-state index < -0.39 is 4.92 Å². The van der Waals surface area contributed by atoms with Gasteiger partial charge in [0.15, 0.2) is 0 Å². The van der Waals surface area contributed by atoms with Crippen LogP contribution in [0.5, 0.6) is 0 Å². The zero-order chi connectivity index (χ0) is 17.5. The van der Waals surface area contributed by atoms with Crippen LogP contribution in [0.25, 0.3) is 0 Å². The number of hydrogen-bond donors (Lipinski definition) is 1. The molecule has 0 saturated carbocycles. The Bertz CT molecular complexity index is 630. The Balaban J connectivity index is 1.82. The molecule has 0 aliphatic carbocycles. The van der Waals surface area contributed by atoms with E-state index in [2.05, 4.69) is 5.32 Å². The fraction of sp³-hybridized carbons (Fsp3) is 0.529. The number of aryl methyl sites for hydroxylation is 1. The SMILES string of the molecule is Cc1ccc(C(=O)NCCCN2CCCCCC2=O)cc1[N+](=O)[O-]. The van der Waals surface area contributed by atoms with E-state index in [4.69, 9.17) is 0 Å². The highest BCUT2D eigenvalue weighted by Gasteiger charge is 2.17. The van der Waals surface area contributed by atoms with Crippen molar-refractivity contribution in [2.45, 2.75) is 39.0 Å². The zero-order valence-electron chi connectivity index (χ0n) is 13.9. The maximum absolute atomic E-state index is 12.1. The number of carbonyl (C=O) groups excluding carboxylic acids is 2. The normalized spacial score (nSPS) is 15.0. The van der Waals surface area contributed by atoms with Gasteiger partial charge in [0.25, 0.3) is 11.6 Å². The van der Waals surface area contributed by atoms with Gasteiger partial charge in [-0.05, 0) is 32.3 Å². The molecule has 1 N–H and O–H groups in total. The quantitative estimate of drug-likeness (QED) is 0.491. The molecule has 1 fully saturated rings. The minimum absolute atomic E-state index is 0.0576. The number of nitro benzene ring substituents is 1. The number of rotatable bonds is 6. The standard InChI is InChI=1S/C17H23N3O4/c1-13-7-8-14(12-15(13)20(23)24)17(22)18-9-5-11-19-10-4-2-3-6-16(19)21/h7-8,12H,2-6,9-11H2,1H3,(H,18,22). The number of hydrogen-bond acceptors (Lipinski definition) is 4. The summed E-state index contributed by atoms with van der Waals surface area (Å²) in [5.41, 5.74) is 0.743. The first-order valence-corrected chi connectivity index (χ1v) is 8.30. The molecule has 0 bridgehead atoms. The van der Waals surface area contributed by atoms with Crippen LogP contribution in [0.3, 0.4) is 0 Å². The van der Waals surface area contributed by atoms with Crippen LogP contribution >= 0.6 is 0 Å². The number of nitrogens with zero attached hydrogens (tertiary/aromatic N) is 2. The molecule has 130 valence electrons. The monoisotopic (exact) mass is 333 g/mol. The van der Waals surface area contributed by atoms with E-state index in [9.17, 15) is 19.7 Å². The van der Waals surface area contributed by atoms with Gasteiger partial charge in [0.05, 0.1) is 4.92 Å². The van der Waals surface area contributed by atoms with Crippen LogP contribution in [0.15, 0.2) is 18.2 Å². The van der Waals surface area contributed by atoms with Crippen LogP contribution in [0.1, 0.15) is 48.0 Å². The number of carbonyl (C=O) groups is 2. The summed E-state index contributed by atoms with van der Waals surface area (Å²) < 4.78 is 0. The van der Waals surface area contributed by atoms with Gasteiger partial charge in [0.1, 0.15) is 0 Å². The van der Waals surface area contributed by atoms with E-state index >= 15 is 0 Å². The molecule has 0 spiro atoms. The summed E-state index contributed by atoms with van der Waals surface area (Å²) in [4.78, 5) is 36.3. The van der Waals surface area contributed by atoms with E-state index in [1.165, 1.54) is 6.07 Å². The van der Waals surface area contributed by atoms with Gasteiger partial charge < -0.3 is 10.2 Å². The van der Waals surface area contributed by atoms with E-state index in [-0.39, 0.29) is 23.1 Å². The third kappa shape index (κ3) is 4.78. The van der Waals surface area contributed by atoms with Crippen molar-refractivity contribution in [1.82, 2.24) is 10.2 Å². The second-order valence-corrected chi connectivity index (χ2v) is 6.06. The first-order valence-electron chi connectivity index (χ1n) is 8.30. The Labute approximate surface area is 141 Å². The summed E-state index contributed by atoms with van der Waals surface area (Å²) in [6.07, 6.45) is 4.36. The fourth-order valence-corrected chi connectivity index (χ4v) is 2.80. The molecule has 1 aliphatic heterocycles. The van der Waals surface area contributed by atoms with Crippen molar-refractivity contribution in [3.63, 3.8) is 0 Å². The predicted molar refractivity (Wildman–Crippen MR) is 89.8 cm³/mol. The Morgan fingerprint density at radius 2 is 2.12 bits per heavy atom. The molecular weight excluding hydrogens is 310 g/mol. The third-order valence-corrected chi connectivity index (χ3v) is 4.23. The van der Waals surface area contributed by atoms with Gasteiger partial charge in [-0.2, -0.15) is 0 Å². The van der Waals surface area contributed by atoms with Gasteiger partial charge in [-0.3, -0.25) is 19.7 Å². The van der Waals surface area contributed by atoms with Crippen molar-refractivity contribution in [3.8, 4) is 0 Å². The van der Waals surface area contributed by atoms with Gasteiger partial charge in [-0.1, -0.05) is 12.5 Å². The van der Waals surface area contributed by atoms with Crippen LogP contribution in [0.2, 0.25) is 0 Å². The molecule has 0 radical (unpaired) electrons. The molecule has 1 aliphatic rings. The average molecular weight is 333 g/mol. The number of nitro groups is 1. The van der Waals surface area contributed by atoms with Gasteiger partial charge in [0.2, 0.25) is 5.91 Å². The molecule has 0 aromatic heterocycles. The number of benzene rings is 1. The highest BCUT2D eigenvalue weighted by molar-refractivity contribution is 5.94. The lowest BCUT2D eigenvalue weighted by molar-refractivity contribution is -0.385. The largest absolute Gasteiger partial charge is 0.352 e. The first-order chi connectivity index (χ1) is 11.5. The molecule has 1 aromatic rings. The number of nitrogens with one attached hydrogen (secondary N) is 1. The smallest absolute Gasteiger partial charge is 0.273 e. The van der Waals surface area contributed by atoms with Crippen molar-refractivity contribution in [2.24, 2.45) is 0 Å². The Morgan fingerprint density at radius 1 is 1.33 bits per heavy atom.